The van der Waals surface area contributed by atoms with Crippen LogP contribution < -0.4 is 5.32 Å². The molecular formula is C17H17N5O. The van der Waals surface area contributed by atoms with E-state index in [9.17, 15) is 4.79 Å². The van der Waals surface area contributed by atoms with Crippen molar-refractivity contribution >= 4 is 5.91 Å². The average Bonchev–Trinajstić information content (AvgIpc) is 3.47. The molecule has 1 spiro atoms. The molecule has 4 rings (SSSR count). The highest BCUT2D eigenvalue weighted by Crippen LogP contribution is 2.70. The van der Waals surface area contributed by atoms with Gasteiger partial charge in [-0.1, -0.05) is 17.3 Å². The van der Waals surface area contributed by atoms with Crippen molar-refractivity contribution in [3.8, 4) is 17.3 Å². The van der Waals surface area contributed by atoms with Gasteiger partial charge in [-0.25, -0.2) is 0 Å². The SMILES string of the molecule is N#Cc1ccc(-c2cn(CCNC(=O)C3CC34CC4)nn2)cc1. The highest BCUT2D eigenvalue weighted by Gasteiger charge is 2.65. The van der Waals surface area contributed by atoms with Crippen molar-refractivity contribution in [2.24, 2.45) is 11.3 Å². The van der Waals surface area contributed by atoms with E-state index in [1.165, 1.54) is 12.8 Å². The molecule has 0 saturated heterocycles. The first-order chi connectivity index (χ1) is 11.2. The molecule has 2 aliphatic carbocycles. The van der Waals surface area contributed by atoms with Gasteiger partial charge >= 0.3 is 0 Å². The van der Waals surface area contributed by atoms with E-state index in [0.717, 1.165) is 17.7 Å². The molecule has 23 heavy (non-hydrogen) atoms. The molecule has 116 valence electrons. The van der Waals surface area contributed by atoms with Gasteiger partial charge < -0.3 is 5.32 Å². The normalized spacial score (nSPS) is 20.0. The smallest absolute Gasteiger partial charge is 0.223 e. The Labute approximate surface area is 134 Å². The van der Waals surface area contributed by atoms with Crippen LogP contribution in [0, 0.1) is 22.7 Å². The second-order valence-corrected chi connectivity index (χ2v) is 6.47. The molecule has 6 nitrogen and oxygen atoms in total. The van der Waals surface area contributed by atoms with Crippen LogP contribution in [0.3, 0.4) is 0 Å². The third-order valence-corrected chi connectivity index (χ3v) is 4.89. The monoisotopic (exact) mass is 307 g/mol. The zero-order valence-electron chi connectivity index (χ0n) is 12.7. The van der Waals surface area contributed by atoms with Crippen molar-refractivity contribution in [3.63, 3.8) is 0 Å². The average molecular weight is 307 g/mol. The molecule has 1 N–H and O–H groups in total. The van der Waals surface area contributed by atoms with Gasteiger partial charge in [-0.05, 0) is 36.8 Å². The van der Waals surface area contributed by atoms with Gasteiger partial charge in [-0.2, -0.15) is 5.26 Å². The summed E-state index contributed by atoms with van der Waals surface area (Å²) in [5.41, 5.74) is 2.71. The minimum Gasteiger partial charge on any atom is -0.354 e. The zero-order valence-corrected chi connectivity index (χ0v) is 12.7. The molecule has 2 aromatic rings. The molecule has 1 unspecified atom stereocenters. The second-order valence-electron chi connectivity index (χ2n) is 6.47. The van der Waals surface area contributed by atoms with Gasteiger partial charge in [0.25, 0.3) is 0 Å². The Morgan fingerprint density at radius 3 is 2.83 bits per heavy atom. The van der Waals surface area contributed by atoms with Crippen LogP contribution in [0.5, 0.6) is 0 Å². The van der Waals surface area contributed by atoms with Crippen molar-refractivity contribution in [1.82, 2.24) is 20.3 Å². The largest absolute Gasteiger partial charge is 0.354 e. The third-order valence-electron chi connectivity index (χ3n) is 4.89. The van der Waals surface area contributed by atoms with Crippen molar-refractivity contribution in [3.05, 3.63) is 36.0 Å². The second kappa shape index (κ2) is 5.20. The number of carbonyl (C=O) groups excluding carboxylic acids is 1. The third kappa shape index (κ3) is 2.70. The minimum atomic E-state index is 0.190. The highest BCUT2D eigenvalue weighted by molar-refractivity contribution is 5.83. The predicted molar refractivity (Wildman–Crippen MR) is 83.0 cm³/mol. The van der Waals surface area contributed by atoms with Gasteiger partial charge in [0.15, 0.2) is 0 Å². The van der Waals surface area contributed by atoms with Crippen LogP contribution in [-0.2, 0) is 11.3 Å². The first-order valence-corrected chi connectivity index (χ1v) is 7.89. The van der Waals surface area contributed by atoms with E-state index >= 15 is 0 Å². The molecule has 1 aromatic heterocycles. The van der Waals surface area contributed by atoms with Gasteiger partial charge in [0.05, 0.1) is 24.4 Å². The van der Waals surface area contributed by atoms with Crippen LogP contribution >= 0.6 is 0 Å². The number of benzene rings is 1. The van der Waals surface area contributed by atoms with E-state index < -0.39 is 0 Å². The van der Waals surface area contributed by atoms with E-state index in [2.05, 4.69) is 21.7 Å². The Morgan fingerprint density at radius 2 is 2.17 bits per heavy atom. The van der Waals surface area contributed by atoms with E-state index in [1.54, 1.807) is 16.8 Å². The fourth-order valence-electron chi connectivity index (χ4n) is 3.10. The predicted octanol–water partition coefficient (Wildman–Crippen LogP) is 1.73. The van der Waals surface area contributed by atoms with Crippen LogP contribution in [0.1, 0.15) is 24.8 Å². The van der Waals surface area contributed by atoms with Crippen LogP contribution in [0.4, 0.5) is 0 Å². The molecule has 6 heteroatoms. The first kappa shape index (κ1) is 13.9. The molecule has 1 atom stereocenters. The van der Waals surface area contributed by atoms with Gasteiger partial charge in [0.2, 0.25) is 5.91 Å². The molecule has 0 aliphatic heterocycles. The Bertz CT molecular complexity index is 782. The summed E-state index contributed by atoms with van der Waals surface area (Å²) in [4.78, 5) is 12.0. The standard InChI is InChI=1S/C17H17N5O/c18-10-12-1-3-13(4-2-12)15-11-22(21-20-15)8-7-19-16(23)14-9-17(14)5-6-17/h1-4,11,14H,5-9H2,(H,19,23). The summed E-state index contributed by atoms with van der Waals surface area (Å²) >= 11 is 0. The number of aromatic nitrogens is 3. The summed E-state index contributed by atoms with van der Waals surface area (Å²) in [5.74, 6) is 0.447. The molecule has 2 aliphatic rings. The van der Waals surface area contributed by atoms with E-state index in [-0.39, 0.29) is 11.8 Å². The molecule has 2 fully saturated rings. The van der Waals surface area contributed by atoms with Crippen molar-refractivity contribution in [1.29, 1.82) is 5.26 Å². The number of carbonyl (C=O) groups is 1. The molecule has 0 bridgehead atoms. The maximum absolute atomic E-state index is 12.0. The number of hydrogen-bond donors (Lipinski definition) is 1. The van der Waals surface area contributed by atoms with Crippen molar-refractivity contribution in [2.75, 3.05) is 6.54 Å². The Morgan fingerprint density at radius 1 is 1.39 bits per heavy atom. The van der Waals surface area contributed by atoms with Gasteiger partial charge in [-0.3, -0.25) is 9.48 Å². The molecule has 0 radical (unpaired) electrons. The Hall–Kier alpha value is -2.68. The lowest BCUT2D eigenvalue weighted by molar-refractivity contribution is -0.122. The van der Waals surface area contributed by atoms with Gasteiger partial charge in [0, 0.05) is 18.0 Å². The van der Waals surface area contributed by atoms with E-state index in [1.807, 2.05) is 18.3 Å². The maximum Gasteiger partial charge on any atom is 0.223 e. The Kier molecular flexibility index (Phi) is 3.15. The summed E-state index contributed by atoms with van der Waals surface area (Å²) in [5, 5.41) is 20.0. The highest BCUT2D eigenvalue weighted by atomic mass is 16.2. The number of hydrogen-bond acceptors (Lipinski definition) is 4. The number of amides is 1. The summed E-state index contributed by atoms with van der Waals surface area (Å²) < 4.78 is 1.73. The topological polar surface area (TPSA) is 83.6 Å². The summed E-state index contributed by atoms with van der Waals surface area (Å²) in [6.45, 7) is 1.18. The summed E-state index contributed by atoms with van der Waals surface area (Å²) in [7, 11) is 0. The fourth-order valence-corrected chi connectivity index (χ4v) is 3.10. The number of nitrogens with one attached hydrogen (secondary N) is 1. The Balaban J connectivity index is 1.31. The number of nitriles is 1. The summed E-state index contributed by atoms with van der Waals surface area (Å²) in [6, 6.07) is 9.33. The first-order valence-electron chi connectivity index (χ1n) is 7.89. The lowest BCUT2D eigenvalue weighted by atomic mass is 10.1. The molecule has 1 aromatic carbocycles. The molecule has 2 saturated carbocycles. The van der Waals surface area contributed by atoms with E-state index in [4.69, 9.17) is 5.26 Å². The van der Waals surface area contributed by atoms with Crippen LogP contribution in [-0.4, -0.2) is 27.4 Å². The molecule has 1 amide bonds. The van der Waals surface area contributed by atoms with Crippen molar-refractivity contribution < 1.29 is 4.79 Å². The van der Waals surface area contributed by atoms with Crippen LogP contribution in [0.2, 0.25) is 0 Å². The number of nitrogens with zero attached hydrogens (tertiary/aromatic N) is 4. The summed E-state index contributed by atoms with van der Waals surface area (Å²) in [6.07, 6.45) is 5.38. The van der Waals surface area contributed by atoms with Crippen LogP contribution in [0.15, 0.2) is 30.5 Å². The van der Waals surface area contributed by atoms with Crippen LogP contribution in [0.25, 0.3) is 11.3 Å². The molecular weight excluding hydrogens is 290 g/mol. The zero-order chi connectivity index (χ0) is 15.9. The minimum absolute atomic E-state index is 0.190. The van der Waals surface area contributed by atoms with E-state index in [0.29, 0.717) is 24.1 Å². The molecule has 1 heterocycles. The lowest BCUT2D eigenvalue weighted by Crippen LogP contribution is -2.29. The maximum atomic E-state index is 12.0. The lowest BCUT2D eigenvalue weighted by Gasteiger charge is -2.04. The number of rotatable bonds is 5. The quantitative estimate of drug-likeness (QED) is 0.912. The fraction of sp³-hybridized carbons (Fsp3) is 0.412. The van der Waals surface area contributed by atoms with Gasteiger partial charge in [0.1, 0.15) is 5.69 Å². The van der Waals surface area contributed by atoms with Crippen molar-refractivity contribution in [2.45, 2.75) is 25.8 Å². The van der Waals surface area contributed by atoms with Gasteiger partial charge in [-0.15, -0.1) is 5.10 Å².